The minimum atomic E-state index is 1.13. The molecule has 0 amide bonds. The molecule has 0 radical (unpaired) electrons. The molecule has 3 nitrogen and oxygen atoms in total. The van der Waals surface area contributed by atoms with Gasteiger partial charge < -0.3 is 13.7 Å². The van der Waals surface area contributed by atoms with E-state index < -0.39 is 0 Å². The second-order valence-corrected chi connectivity index (χ2v) is 18.0. The van der Waals surface area contributed by atoms with Crippen LogP contribution in [0.4, 0.5) is 0 Å². The smallest absolute Gasteiger partial charge is 0.0548 e. The van der Waals surface area contributed by atoms with E-state index in [4.69, 9.17) is 0 Å². The van der Waals surface area contributed by atoms with Crippen LogP contribution in [0.15, 0.2) is 224 Å². The zero-order chi connectivity index (χ0) is 41.9. The lowest BCUT2D eigenvalue weighted by atomic mass is 9.99. The standard InChI is InChI=1S/C60H37N3S/c1-7-19-51-45(13-1)46-14-2-8-20-52(46)62(51)43-35-41(36-44(37-43)63-53-21-9-3-15-47(53)48-16-4-10-22-54(48)63)40-27-25-38(26-28-40)39-29-31-42(32-30-39)61-55-23-11-5-17-49(55)59-56(61)33-34-58-60(59)50-18-6-12-24-57(50)64-58/h1-37H. The molecule has 0 fully saturated rings. The van der Waals surface area contributed by atoms with E-state index >= 15 is 0 Å². The fourth-order valence-electron chi connectivity index (χ4n) is 10.6. The van der Waals surface area contributed by atoms with Crippen LogP contribution in [-0.2, 0) is 0 Å². The van der Waals surface area contributed by atoms with Crippen LogP contribution < -0.4 is 0 Å². The Bertz CT molecular complexity index is 3940. The highest BCUT2D eigenvalue weighted by Crippen LogP contribution is 2.44. The van der Waals surface area contributed by atoms with Crippen molar-refractivity contribution in [3.8, 4) is 39.3 Å². The molecule has 0 saturated carbocycles. The summed E-state index contributed by atoms with van der Waals surface area (Å²) in [4.78, 5) is 0. The molecule has 0 saturated heterocycles. The van der Waals surface area contributed by atoms with E-state index in [1.54, 1.807) is 0 Å². The van der Waals surface area contributed by atoms with Crippen LogP contribution in [0.2, 0.25) is 0 Å². The van der Waals surface area contributed by atoms with Gasteiger partial charge in [0, 0.05) is 69.6 Å². The van der Waals surface area contributed by atoms with Crippen LogP contribution in [0.3, 0.4) is 0 Å². The summed E-state index contributed by atoms with van der Waals surface area (Å²) in [6.45, 7) is 0. The molecule has 0 spiro atoms. The van der Waals surface area contributed by atoms with Crippen LogP contribution >= 0.6 is 11.3 Å². The molecule has 4 aromatic heterocycles. The average Bonchev–Trinajstić information content (AvgIpc) is 4.10. The van der Waals surface area contributed by atoms with Crippen LogP contribution in [0.1, 0.15) is 0 Å². The molecule has 4 heterocycles. The molecule has 0 aliphatic carbocycles. The minimum absolute atomic E-state index is 1.13. The molecule has 0 unspecified atom stereocenters. The third-order valence-corrected chi connectivity index (χ3v) is 14.6. The fraction of sp³-hybridized carbons (Fsp3) is 0. The Kier molecular flexibility index (Phi) is 7.56. The molecule has 64 heavy (non-hydrogen) atoms. The number of benzene rings is 10. The molecule has 0 N–H and O–H groups in total. The monoisotopic (exact) mass is 831 g/mol. The van der Waals surface area contributed by atoms with Gasteiger partial charge in [-0.05, 0) is 101 Å². The van der Waals surface area contributed by atoms with Gasteiger partial charge in [-0.3, -0.25) is 0 Å². The highest BCUT2D eigenvalue weighted by molar-refractivity contribution is 7.26. The van der Waals surface area contributed by atoms with Crippen molar-refractivity contribution in [1.29, 1.82) is 0 Å². The Morgan fingerprint density at radius 2 is 0.625 bits per heavy atom. The maximum Gasteiger partial charge on any atom is 0.0548 e. The average molecular weight is 832 g/mol. The van der Waals surface area contributed by atoms with Crippen LogP contribution in [0.25, 0.3) is 125 Å². The van der Waals surface area contributed by atoms with Gasteiger partial charge in [-0.2, -0.15) is 0 Å². The lowest BCUT2D eigenvalue weighted by Crippen LogP contribution is -2.00. The van der Waals surface area contributed by atoms with Crippen molar-refractivity contribution in [3.05, 3.63) is 224 Å². The van der Waals surface area contributed by atoms with Crippen molar-refractivity contribution in [2.45, 2.75) is 0 Å². The maximum absolute atomic E-state index is 2.43. The highest BCUT2D eigenvalue weighted by Gasteiger charge is 2.19. The normalized spacial score (nSPS) is 12.1. The molecule has 0 bridgehead atoms. The van der Waals surface area contributed by atoms with E-state index in [0.717, 1.165) is 22.6 Å². The SMILES string of the molecule is c1ccc2c(c1)sc1ccc3c(c4ccccc4n3-c3ccc(-c4ccc(-c5cc(-n6c7ccccc7c7ccccc76)cc(-n6c7ccccc7c7ccccc76)c5)cc4)cc3)c12. The first-order valence-corrected chi connectivity index (χ1v) is 22.7. The van der Waals surface area contributed by atoms with Crippen LogP contribution in [0, 0.1) is 0 Å². The van der Waals surface area contributed by atoms with Gasteiger partial charge in [0.05, 0.1) is 33.1 Å². The maximum atomic E-state index is 2.43. The third kappa shape index (κ3) is 5.15. The van der Waals surface area contributed by atoms with Crippen molar-refractivity contribution in [2.75, 3.05) is 0 Å². The summed E-state index contributed by atoms with van der Waals surface area (Å²) in [5.74, 6) is 0. The lowest BCUT2D eigenvalue weighted by molar-refractivity contribution is 1.13. The number of hydrogen-bond acceptors (Lipinski definition) is 1. The van der Waals surface area contributed by atoms with E-state index in [2.05, 4.69) is 238 Å². The largest absolute Gasteiger partial charge is 0.309 e. The summed E-state index contributed by atoms with van der Waals surface area (Å²) in [6, 6.07) is 82.7. The van der Waals surface area contributed by atoms with E-state index in [0.29, 0.717) is 0 Å². The number of fused-ring (bicyclic) bond motifs is 13. The van der Waals surface area contributed by atoms with Gasteiger partial charge in [0.2, 0.25) is 0 Å². The number of hydrogen-bond donors (Lipinski definition) is 0. The number of aromatic nitrogens is 3. The van der Waals surface area contributed by atoms with Crippen LogP contribution in [-0.4, -0.2) is 13.7 Å². The Balaban J connectivity index is 0.898. The highest BCUT2D eigenvalue weighted by atomic mass is 32.1. The van der Waals surface area contributed by atoms with Crippen LogP contribution in [0.5, 0.6) is 0 Å². The van der Waals surface area contributed by atoms with Gasteiger partial charge >= 0.3 is 0 Å². The van der Waals surface area contributed by atoms with Crippen molar-refractivity contribution in [1.82, 2.24) is 13.7 Å². The van der Waals surface area contributed by atoms with E-state index in [9.17, 15) is 0 Å². The van der Waals surface area contributed by atoms with Crippen molar-refractivity contribution < 1.29 is 0 Å². The Hall–Kier alpha value is -8.18. The first kappa shape index (κ1) is 35.4. The molecule has 14 rings (SSSR count). The number of rotatable bonds is 5. The molecule has 10 aromatic carbocycles. The quantitative estimate of drug-likeness (QED) is 0.164. The van der Waals surface area contributed by atoms with E-state index in [1.165, 1.54) is 102 Å². The Morgan fingerprint density at radius 1 is 0.234 bits per heavy atom. The summed E-state index contributed by atoms with van der Waals surface area (Å²) < 4.78 is 9.96. The summed E-state index contributed by atoms with van der Waals surface area (Å²) in [7, 11) is 0. The zero-order valence-corrected chi connectivity index (χ0v) is 35.4. The van der Waals surface area contributed by atoms with E-state index in [1.807, 2.05) is 11.3 Å². The second kappa shape index (κ2) is 13.7. The van der Waals surface area contributed by atoms with Crippen molar-refractivity contribution >= 4 is 96.9 Å². The predicted octanol–water partition coefficient (Wildman–Crippen LogP) is 16.7. The summed E-state index contributed by atoms with van der Waals surface area (Å²) in [5.41, 5.74) is 15.4. The Labute approximate surface area is 372 Å². The fourth-order valence-corrected chi connectivity index (χ4v) is 11.7. The van der Waals surface area contributed by atoms with Gasteiger partial charge in [-0.1, -0.05) is 146 Å². The van der Waals surface area contributed by atoms with Gasteiger partial charge in [0.25, 0.3) is 0 Å². The summed E-state index contributed by atoms with van der Waals surface area (Å²) in [5, 5.41) is 10.3. The molecular formula is C60H37N3S. The predicted molar refractivity (Wildman–Crippen MR) is 273 cm³/mol. The molecular weight excluding hydrogens is 795 g/mol. The number of para-hydroxylation sites is 5. The first-order chi connectivity index (χ1) is 31.7. The van der Waals surface area contributed by atoms with Crippen molar-refractivity contribution in [2.24, 2.45) is 0 Å². The molecule has 0 aliphatic heterocycles. The topological polar surface area (TPSA) is 14.8 Å². The Morgan fingerprint density at radius 3 is 1.14 bits per heavy atom. The number of thiophene rings is 1. The summed E-state index contributed by atoms with van der Waals surface area (Å²) >= 11 is 1.88. The van der Waals surface area contributed by atoms with E-state index in [-0.39, 0.29) is 0 Å². The molecule has 298 valence electrons. The van der Waals surface area contributed by atoms with Gasteiger partial charge in [-0.15, -0.1) is 11.3 Å². The molecule has 4 heteroatoms. The third-order valence-electron chi connectivity index (χ3n) is 13.4. The second-order valence-electron chi connectivity index (χ2n) is 16.9. The lowest BCUT2D eigenvalue weighted by Gasteiger charge is -2.16. The molecule has 0 atom stereocenters. The van der Waals surface area contributed by atoms with Crippen molar-refractivity contribution in [3.63, 3.8) is 0 Å². The summed E-state index contributed by atoms with van der Waals surface area (Å²) in [6.07, 6.45) is 0. The number of nitrogens with zero attached hydrogens (tertiary/aromatic N) is 3. The molecule has 0 aliphatic rings. The first-order valence-electron chi connectivity index (χ1n) is 21.9. The minimum Gasteiger partial charge on any atom is -0.309 e. The zero-order valence-electron chi connectivity index (χ0n) is 34.6. The van der Waals surface area contributed by atoms with Gasteiger partial charge in [0.15, 0.2) is 0 Å². The van der Waals surface area contributed by atoms with Gasteiger partial charge in [-0.25, -0.2) is 0 Å². The molecule has 14 aromatic rings. The van der Waals surface area contributed by atoms with Gasteiger partial charge in [0.1, 0.15) is 0 Å².